The van der Waals surface area contributed by atoms with Crippen molar-refractivity contribution in [2.24, 2.45) is 0 Å². The van der Waals surface area contributed by atoms with Crippen molar-refractivity contribution >= 4 is 16.7 Å². The molecule has 1 aliphatic heterocycles. The number of rotatable bonds is 5. The van der Waals surface area contributed by atoms with Gasteiger partial charge in [0.05, 0.1) is 26.3 Å². The van der Waals surface area contributed by atoms with Crippen LogP contribution >= 0.6 is 0 Å². The molecule has 0 radical (unpaired) electrons. The standard InChI is InChI=1S/C20H23N5O3/c1-13-9-21-20(22-10-13)28-14-5-4-6-25(11-14)19-15-7-17(26-2)18(27-3)8-16(15)23-12-24-19/h7-10,12,14H,4-6,11H2,1-3H3. The molecule has 3 aromatic rings. The van der Waals surface area contributed by atoms with Crippen LogP contribution in [0.4, 0.5) is 5.82 Å². The highest BCUT2D eigenvalue weighted by molar-refractivity contribution is 5.92. The van der Waals surface area contributed by atoms with Crippen LogP contribution < -0.4 is 19.1 Å². The second-order valence-electron chi connectivity index (χ2n) is 6.79. The van der Waals surface area contributed by atoms with E-state index in [1.807, 2.05) is 19.1 Å². The Morgan fingerprint density at radius 1 is 1.00 bits per heavy atom. The van der Waals surface area contributed by atoms with Crippen LogP contribution in [-0.2, 0) is 0 Å². The van der Waals surface area contributed by atoms with E-state index in [1.165, 1.54) is 0 Å². The maximum atomic E-state index is 6.00. The number of methoxy groups -OCH3 is 2. The van der Waals surface area contributed by atoms with Gasteiger partial charge in [-0.05, 0) is 31.4 Å². The first-order chi connectivity index (χ1) is 13.7. The van der Waals surface area contributed by atoms with Gasteiger partial charge in [0.25, 0.3) is 0 Å². The van der Waals surface area contributed by atoms with Crippen LogP contribution in [0.5, 0.6) is 17.5 Å². The highest BCUT2D eigenvalue weighted by Crippen LogP contribution is 2.35. The highest BCUT2D eigenvalue weighted by Gasteiger charge is 2.25. The van der Waals surface area contributed by atoms with E-state index in [0.717, 1.165) is 41.7 Å². The summed E-state index contributed by atoms with van der Waals surface area (Å²) in [5, 5.41) is 0.924. The summed E-state index contributed by atoms with van der Waals surface area (Å²) in [4.78, 5) is 19.7. The van der Waals surface area contributed by atoms with Crippen LogP contribution in [0.15, 0.2) is 30.9 Å². The molecule has 8 heteroatoms. The van der Waals surface area contributed by atoms with E-state index in [4.69, 9.17) is 14.2 Å². The lowest BCUT2D eigenvalue weighted by molar-refractivity contribution is 0.164. The Balaban J connectivity index is 1.60. The van der Waals surface area contributed by atoms with E-state index in [1.54, 1.807) is 32.9 Å². The average molecular weight is 381 g/mol. The molecule has 0 amide bonds. The lowest BCUT2D eigenvalue weighted by Gasteiger charge is -2.33. The Morgan fingerprint density at radius 3 is 2.50 bits per heavy atom. The van der Waals surface area contributed by atoms with Gasteiger partial charge in [0.1, 0.15) is 18.2 Å². The third-order valence-electron chi connectivity index (χ3n) is 4.83. The summed E-state index contributed by atoms with van der Waals surface area (Å²) in [7, 11) is 3.24. The number of anilines is 1. The summed E-state index contributed by atoms with van der Waals surface area (Å²) < 4.78 is 16.8. The van der Waals surface area contributed by atoms with Gasteiger partial charge in [-0.2, -0.15) is 0 Å². The molecule has 0 N–H and O–H groups in total. The van der Waals surface area contributed by atoms with E-state index in [-0.39, 0.29) is 6.10 Å². The Bertz CT molecular complexity index is 964. The summed E-state index contributed by atoms with van der Waals surface area (Å²) in [5.41, 5.74) is 1.82. The molecule has 0 bridgehead atoms. The van der Waals surface area contributed by atoms with Crippen molar-refractivity contribution in [2.75, 3.05) is 32.2 Å². The topological polar surface area (TPSA) is 82.5 Å². The zero-order valence-electron chi connectivity index (χ0n) is 16.3. The number of benzene rings is 1. The first kappa shape index (κ1) is 18.2. The Labute approximate surface area is 163 Å². The molecule has 3 heterocycles. The van der Waals surface area contributed by atoms with Crippen LogP contribution in [0, 0.1) is 6.92 Å². The smallest absolute Gasteiger partial charge is 0.316 e. The second-order valence-corrected chi connectivity index (χ2v) is 6.79. The number of hydrogen-bond donors (Lipinski definition) is 0. The minimum Gasteiger partial charge on any atom is -0.493 e. The fourth-order valence-corrected chi connectivity index (χ4v) is 3.44. The molecule has 1 atom stereocenters. The van der Waals surface area contributed by atoms with Crippen molar-refractivity contribution in [3.05, 3.63) is 36.4 Å². The molecule has 8 nitrogen and oxygen atoms in total. The van der Waals surface area contributed by atoms with Gasteiger partial charge in [-0.25, -0.2) is 19.9 Å². The predicted octanol–water partition coefficient (Wildman–Crippen LogP) is 2.79. The second kappa shape index (κ2) is 7.84. The minimum absolute atomic E-state index is 0.00150. The van der Waals surface area contributed by atoms with Gasteiger partial charge in [-0.15, -0.1) is 0 Å². The van der Waals surface area contributed by atoms with Crippen LogP contribution in [0.1, 0.15) is 18.4 Å². The Hall–Kier alpha value is -3.16. The van der Waals surface area contributed by atoms with Gasteiger partial charge in [0.15, 0.2) is 11.5 Å². The molecule has 28 heavy (non-hydrogen) atoms. The largest absolute Gasteiger partial charge is 0.493 e. The van der Waals surface area contributed by atoms with E-state index >= 15 is 0 Å². The number of fused-ring (bicyclic) bond motifs is 1. The maximum absolute atomic E-state index is 6.00. The molecule has 1 saturated heterocycles. The SMILES string of the molecule is COc1cc2ncnc(N3CCCC(Oc4ncc(C)cn4)C3)c2cc1OC. The van der Waals surface area contributed by atoms with Crippen LogP contribution in [0.2, 0.25) is 0 Å². The van der Waals surface area contributed by atoms with Crippen LogP contribution in [-0.4, -0.2) is 53.3 Å². The number of ether oxygens (including phenoxy) is 3. The van der Waals surface area contributed by atoms with Gasteiger partial charge in [0, 0.05) is 30.4 Å². The van der Waals surface area contributed by atoms with Crippen molar-refractivity contribution in [2.45, 2.75) is 25.9 Å². The molecule has 0 aliphatic carbocycles. The summed E-state index contributed by atoms with van der Waals surface area (Å²) in [6, 6.07) is 4.21. The molecule has 4 rings (SSSR count). The first-order valence-electron chi connectivity index (χ1n) is 9.25. The molecular weight excluding hydrogens is 358 g/mol. The van der Waals surface area contributed by atoms with Crippen LogP contribution in [0.3, 0.4) is 0 Å². The monoisotopic (exact) mass is 381 g/mol. The zero-order valence-corrected chi connectivity index (χ0v) is 16.3. The van der Waals surface area contributed by atoms with Crippen molar-refractivity contribution in [3.8, 4) is 17.5 Å². The van der Waals surface area contributed by atoms with E-state index < -0.39 is 0 Å². The molecule has 0 saturated carbocycles. The number of hydrogen-bond acceptors (Lipinski definition) is 8. The summed E-state index contributed by atoms with van der Waals surface area (Å²) >= 11 is 0. The molecule has 1 aliphatic rings. The van der Waals surface area contributed by atoms with Crippen molar-refractivity contribution in [1.82, 2.24) is 19.9 Å². The minimum atomic E-state index is 0.00150. The van der Waals surface area contributed by atoms with E-state index in [0.29, 0.717) is 24.1 Å². The van der Waals surface area contributed by atoms with E-state index in [2.05, 4.69) is 24.8 Å². The van der Waals surface area contributed by atoms with Gasteiger partial charge in [-0.3, -0.25) is 0 Å². The van der Waals surface area contributed by atoms with Gasteiger partial charge < -0.3 is 19.1 Å². The summed E-state index contributed by atoms with van der Waals surface area (Å²) in [6.07, 6.45) is 7.06. The van der Waals surface area contributed by atoms with Gasteiger partial charge in [0.2, 0.25) is 0 Å². The lowest BCUT2D eigenvalue weighted by atomic mass is 10.1. The molecule has 2 aromatic heterocycles. The molecular formula is C20H23N5O3. The molecule has 146 valence electrons. The lowest BCUT2D eigenvalue weighted by Crippen LogP contribution is -2.42. The van der Waals surface area contributed by atoms with Crippen molar-refractivity contribution in [3.63, 3.8) is 0 Å². The number of nitrogens with zero attached hydrogens (tertiary/aromatic N) is 5. The van der Waals surface area contributed by atoms with E-state index in [9.17, 15) is 0 Å². The summed E-state index contributed by atoms with van der Waals surface area (Å²) in [5.74, 6) is 2.17. The summed E-state index contributed by atoms with van der Waals surface area (Å²) in [6.45, 7) is 3.56. The molecule has 0 spiro atoms. The average Bonchev–Trinajstić information content (AvgIpc) is 2.74. The molecule has 1 fully saturated rings. The number of aromatic nitrogens is 4. The Kier molecular flexibility index (Phi) is 5.10. The number of piperidine rings is 1. The Morgan fingerprint density at radius 2 is 1.75 bits per heavy atom. The first-order valence-corrected chi connectivity index (χ1v) is 9.25. The van der Waals surface area contributed by atoms with Gasteiger partial charge >= 0.3 is 6.01 Å². The van der Waals surface area contributed by atoms with Crippen LogP contribution in [0.25, 0.3) is 10.9 Å². The zero-order chi connectivity index (χ0) is 19.5. The predicted molar refractivity (Wildman–Crippen MR) is 105 cm³/mol. The van der Waals surface area contributed by atoms with Crippen molar-refractivity contribution in [1.29, 1.82) is 0 Å². The third kappa shape index (κ3) is 3.62. The number of aryl methyl sites for hydroxylation is 1. The highest BCUT2D eigenvalue weighted by atomic mass is 16.5. The normalized spacial score (nSPS) is 16.8. The van der Waals surface area contributed by atoms with Crippen molar-refractivity contribution < 1.29 is 14.2 Å². The molecule has 1 aromatic carbocycles. The van der Waals surface area contributed by atoms with Gasteiger partial charge in [-0.1, -0.05) is 0 Å². The maximum Gasteiger partial charge on any atom is 0.316 e. The molecule has 1 unspecified atom stereocenters. The fraction of sp³-hybridized carbons (Fsp3) is 0.400. The fourth-order valence-electron chi connectivity index (χ4n) is 3.44. The quantitative estimate of drug-likeness (QED) is 0.667. The third-order valence-corrected chi connectivity index (χ3v) is 4.83.